The fourth-order valence-electron chi connectivity index (χ4n) is 2.97. The van der Waals surface area contributed by atoms with Crippen LogP contribution in [0.25, 0.3) is 0 Å². The fraction of sp³-hybridized carbons (Fsp3) is 0.833. The molecule has 0 amide bonds. The minimum absolute atomic E-state index is 0.157. The van der Waals surface area contributed by atoms with E-state index in [4.69, 9.17) is 5.11 Å². The average molecular weight is 182 g/mol. The van der Waals surface area contributed by atoms with Crippen LogP contribution in [0.3, 0.4) is 0 Å². The summed E-state index contributed by atoms with van der Waals surface area (Å²) in [6.07, 6.45) is 3.76. The number of hydrogen-bond donors (Lipinski definition) is 1. The first kappa shape index (κ1) is 10.8. The van der Waals surface area contributed by atoms with E-state index in [9.17, 15) is 0 Å². The van der Waals surface area contributed by atoms with Crippen LogP contribution in [-0.4, -0.2) is 11.7 Å². The van der Waals surface area contributed by atoms with Crippen molar-refractivity contribution in [1.82, 2.24) is 0 Å². The van der Waals surface area contributed by atoms with E-state index < -0.39 is 0 Å². The van der Waals surface area contributed by atoms with Crippen LogP contribution in [0.2, 0.25) is 0 Å². The smallest absolute Gasteiger partial charge is 0.0642 e. The highest BCUT2D eigenvalue weighted by Crippen LogP contribution is 2.51. The third kappa shape index (κ3) is 1.80. The minimum Gasteiger partial charge on any atom is -0.392 e. The predicted molar refractivity (Wildman–Crippen MR) is 56.5 cm³/mol. The Morgan fingerprint density at radius 2 is 2.08 bits per heavy atom. The molecule has 1 heteroatoms. The zero-order chi connectivity index (χ0) is 10.1. The predicted octanol–water partition coefficient (Wildman–Crippen LogP) is 3.00. The molecular weight excluding hydrogens is 160 g/mol. The molecule has 1 aliphatic carbocycles. The molecule has 1 nitrogen and oxygen atoms in total. The molecule has 1 fully saturated rings. The Kier molecular flexibility index (Phi) is 3.18. The van der Waals surface area contributed by atoms with Gasteiger partial charge in [-0.25, -0.2) is 0 Å². The summed E-state index contributed by atoms with van der Waals surface area (Å²) in [5.41, 5.74) is 1.37. The standard InChI is InChI=1S/C12H22O/c1-5-10-6-7-11(9(2)8-13)12(10,3)4/h10-11,13H,2,5-8H2,1,3-4H3/t10-,11-/m1/s1. The van der Waals surface area contributed by atoms with Crippen molar-refractivity contribution in [3.63, 3.8) is 0 Å². The van der Waals surface area contributed by atoms with E-state index in [-0.39, 0.29) is 6.61 Å². The third-order valence-electron chi connectivity index (χ3n) is 3.94. The van der Waals surface area contributed by atoms with Crippen molar-refractivity contribution in [2.45, 2.75) is 40.0 Å². The first-order valence-corrected chi connectivity index (χ1v) is 5.32. The van der Waals surface area contributed by atoms with Gasteiger partial charge in [-0.05, 0) is 35.7 Å². The summed E-state index contributed by atoms with van der Waals surface area (Å²) in [6.45, 7) is 11.0. The van der Waals surface area contributed by atoms with Gasteiger partial charge in [0.25, 0.3) is 0 Å². The van der Waals surface area contributed by atoms with Crippen molar-refractivity contribution >= 4 is 0 Å². The summed E-state index contributed by atoms with van der Waals surface area (Å²) in [5, 5.41) is 9.09. The molecule has 0 radical (unpaired) electrons. The minimum atomic E-state index is 0.157. The molecule has 0 aliphatic heterocycles. The molecule has 0 saturated heterocycles. The zero-order valence-corrected chi connectivity index (χ0v) is 9.14. The highest BCUT2D eigenvalue weighted by Gasteiger charge is 2.42. The Labute approximate surface area is 81.9 Å². The second-order valence-corrected chi connectivity index (χ2v) is 4.87. The summed E-state index contributed by atoms with van der Waals surface area (Å²) in [7, 11) is 0. The van der Waals surface area contributed by atoms with Crippen LogP contribution < -0.4 is 0 Å². The Hall–Kier alpha value is -0.300. The quantitative estimate of drug-likeness (QED) is 0.665. The number of aliphatic hydroxyl groups excluding tert-OH is 1. The average Bonchev–Trinajstić information content (AvgIpc) is 2.39. The normalized spacial score (nSPS) is 32.0. The summed E-state index contributed by atoms with van der Waals surface area (Å²) < 4.78 is 0. The van der Waals surface area contributed by atoms with Gasteiger partial charge in [-0.2, -0.15) is 0 Å². The van der Waals surface area contributed by atoms with Crippen molar-refractivity contribution in [3.8, 4) is 0 Å². The van der Waals surface area contributed by atoms with E-state index in [1.807, 2.05) is 0 Å². The highest BCUT2D eigenvalue weighted by molar-refractivity contribution is 5.10. The van der Waals surface area contributed by atoms with Gasteiger partial charge < -0.3 is 5.11 Å². The van der Waals surface area contributed by atoms with Gasteiger partial charge in [0.1, 0.15) is 0 Å². The molecule has 0 unspecified atom stereocenters. The van der Waals surface area contributed by atoms with Gasteiger partial charge >= 0.3 is 0 Å². The van der Waals surface area contributed by atoms with Crippen LogP contribution in [0.15, 0.2) is 12.2 Å². The molecule has 0 aromatic carbocycles. The van der Waals surface area contributed by atoms with E-state index in [0.29, 0.717) is 11.3 Å². The lowest BCUT2D eigenvalue weighted by Gasteiger charge is -2.33. The SMILES string of the molecule is C=C(CO)[C@H]1CC[C@@H](CC)C1(C)C. The lowest BCUT2D eigenvalue weighted by Crippen LogP contribution is -2.26. The van der Waals surface area contributed by atoms with Gasteiger partial charge in [-0.3, -0.25) is 0 Å². The molecule has 1 N–H and O–H groups in total. The Morgan fingerprint density at radius 3 is 2.46 bits per heavy atom. The van der Waals surface area contributed by atoms with Gasteiger partial charge in [-0.15, -0.1) is 0 Å². The molecule has 1 rings (SSSR count). The van der Waals surface area contributed by atoms with Gasteiger partial charge in [0.05, 0.1) is 6.61 Å². The van der Waals surface area contributed by atoms with Crippen molar-refractivity contribution in [2.75, 3.05) is 6.61 Å². The van der Waals surface area contributed by atoms with Crippen molar-refractivity contribution in [3.05, 3.63) is 12.2 Å². The maximum Gasteiger partial charge on any atom is 0.0642 e. The zero-order valence-electron chi connectivity index (χ0n) is 9.14. The summed E-state index contributed by atoms with van der Waals surface area (Å²) in [4.78, 5) is 0. The van der Waals surface area contributed by atoms with E-state index in [1.54, 1.807) is 0 Å². The lowest BCUT2D eigenvalue weighted by molar-refractivity contribution is 0.188. The molecule has 0 spiro atoms. The van der Waals surface area contributed by atoms with Gasteiger partial charge in [0, 0.05) is 0 Å². The number of rotatable bonds is 3. The van der Waals surface area contributed by atoms with Gasteiger partial charge in [0.15, 0.2) is 0 Å². The molecule has 13 heavy (non-hydrogen) atoms. The van der Waals surface area contributed by atoms with Gasteiger partial charge in [0.2, 0.25) is 0 Å². The van der Waals surface area contributed by atoms with Crippen LogP contribution in [0.1, 0.15) is 40.0 Å². The number of aliphatic hydroxyl groups is 1. The Bertz CT molecular complexity index is 193. The van der Waals surface area contributed by atoms with Crippen LogP contribution >= 0.6 is 0 Å². The molecule has 1 aliphatic rings. The first-order chi connectivity index (χ1) is 6.04. The Balaban J connectivity index is 2.75. The van der Waals surface area contributed by atoms with Crippen LogP contribution in [-0.2, 0) is 0 Å². The van der Waals surface area contributed by atoms with Crippen molar-refractivity contribution in [2.24, 2.45) is 17.3 Å². The molecule has 0 bridgehead atoms. The molecular formula is C12H22O. The van der Waals surface area contributed by atoms with Crippen LogP contribution in [0, 0.1) is 17.3 Å². The molecule has 2 atom stereocenters. The maximum atomic E-state index is 9.09. The van der Waals surface area contributed by atoms with E-state index in [1.165, 1.54) is 19.3 Å². The second-order valence-electron chi connectivity index (χ2n) is 4.87. The second kappa shape index (κ2) is 3.83. The van der Waals surface area contributed by atoms with E-state index in [2.05, 4.69) is 27.4 Å². The summed E-state index contributed by atoms with van der Waals surface area (Å²) in [6, 6.07) is 0. The van der Waals surface area contributed by atoms with Crippen molar-refractivity contribution in [1.29, 1.82) is 0 Å². The molecule has 0 aromatic rings. The largest absolute Gasteiger partial charge is 0.392 e. The summed E-state index contributed by atoms with van der Waals surface area (Å²) >= 11 is 0. The molecule has 0 heterocycles. The fourth-order valence-corrected chi connectivity index (χ4v) is 2.97. The van der Waals surface area contributed by atoms with Crippen LogP contribution in [0.4, 0.5) is 0 Å². The maximum absolute atomic E-state index is 9.09. The molecule has 76 valence electrons. The van der Waals surface area contributed by atoms with Gasteiger partial charge in [-0.1, -0.05) is 33.8 Å². The van der Waals surface area contributed by atoms with Crippen LogP contribution in [0.5, 0.6) is 0 Å². The Morgan fingerprint density at radius 1 is 1.46 bits per heavy atom. The number of hydrogen-bond acceptors (Lipinski definition) is 1. The topological polar surface area (TPSA) is 20.2 Å². The lowest BCUT2D eigenvalue weighted by atomic mass is 9.72. The highest BCUT2D eigenvalue weighted by atomic mass is 16.3. The third-order valence-corrected chi connectivity index (χ3v) is 3.94. The summed E-state index contributed by atoms with van der Waals surface area (Å²) in [5.74, 6) is 1.34. The van der Waals surface area contributed by atoms with Crippen molar-refractivity contribution < 1.29 is 5.11 Å². The van der Waals surface area contributed by atoms with E-state index >= 15 is 0 Å². The molecule has 1 saturated carbocycles. The monoisotopic (exact) mass is 182 g/mol. The first-order valence-electron chi connectivity index (χ1n) is 5.32. The molecule has 0 aromatic heterocycles. The van der Waals surface area contributed by atoms with E-state index in [0.717, 1.165) is 11.5 Å².